The van der Waals surface area contributed by atoms with Crippen molar-refractivity contribution in [3.05, 3.63) is 48.3 Å². The molecule has 2 fully saturated rings. The Balaban J connectivity index is 1.12. The number of aromatic nitrogens is 2. The van der Waals surface area contributed by atoms with Crippen molar-refractivity contribution in [3.8, 4) is 17.2 Å². The second kappa shape index (κ2) is 9.13. The van der Waals surface area contributed by atoms with Crippen LogP contribution in [0.25, 0.3) is 10.9 Å². The number of ether oxygens (including phenoxy) is 3. The zero-order valence-electron chi connectivity index (χ0n) is 20.3. The first kappa shape index (κ1) is 22.8. The van der Waals surface area contributed by atoms with Gasteiger partial charge in [-0.25, -0.2) is 9.97 Å². The molecule has 0 radical (unpaired) electrons. The lowest BCUT2D eigenvalue weighted by atomic mass is 9.83. The highest BCUT2D eigenvalue weighted by Crippen LogP contribution is 2.39. The van der Waals surface area contributed by atoms with E-state index >= 15 is 0 Å². The summed E-state index contributed by atoms with van der Waals surface area (Å²) < 4.78 is 16.7. The van der Waals surface area contributed by atoms with Gasteiger partial charge in [0.1, 0.15) is 31.1 Å². The van der Waals surface area contributed by atoms with Gasteiger partial charge in [-0.2, -0.15) is 0 Å². The number of piperidine rings is 1. The van der Waals surface area contributed by atoms with Gasteiger partial charge in [0.15, 0.2) is 11.5 Å². The fourth-order valence-electron chi connectivity index (χ4n) is 5.65. The average molecular weight is 491 g/mol. The minimum Gasteiger partial charge on any atom is -0.497 e. The van der Waals surface area contributed by atoms with Crippen LogP contribution in [-0.4, -0.2) is 66.0 Å². The van der Waals surface area contributed by atoms with Crippen LogP contribution < -0.4 is 24.4 Å². The molecular weight excluding hydrogens is 460 g/mol. The molecule has 2 saturated heterocycles. The monoisotopic (exact) mass is 490 g/mol. The van der Waals surface area contributed by atoms with E-state index in [0.717, 1.165) is 33.8 Å². The molecule has 9 nitrogen and oxygen atoms in total. The number of methoxy groups -OCH3 is 1. The van der Waals surface area contributed by atoms with Crippen molar-refractivity contribution in [1.82, 2.24) is 15.3 Å². The Bertz CT molecular complexity index is 1290. The van der Waals surface area contributed by atoms with Gasteiger partial charge in [0.25, 0.3) is 0 Å². The zero-order chi connectivity index (χ0) is 24.7. The minimum atomic E-state index is -0.837. The Kier molecular flexibility index (Phi) is 5.79. The number of hydrogen-bond donors (Lipinski definition) is 2. The van der Waals surface area contributed by atoms with Gasteiger partial charge in [-0.3, -0.25) is 4.79 Å². The Morgan fingerprint density at radius 3 is 2.72 bits per heavy atom. The molecular formula is C27H30N4O5. The molecule has 6 rings (SSSR count). The molecule has 0 aliphatic carbocycles. The second-order valence-corrected chi connectivity index (χ2v) is 9.89. The van der Waals surface area contributed by atoms with Crippen LogP contribution in [-0.2, 0) is 4.79 Å². The topological polar surface area (TPSA) is 106 Å². The number of anilines is 1. The number of amides is 1. The average Bonchev–Trinajstić information content (AvgIpc) is 3.27. The van der Waals surface area contributed by atoms with Gasteiger partial charge in [-0.1, -0.05) is 6.07 Å². The SMILES string of the molecule is COc1ccc2ncnc(N3CCC(O)(CC4C[C@H](c5ccc6c(c5)OCCO6)C(=O)N4)CC3)c2c1. The number of hydrogen-bond acceptors (Lipinski definition) is 8. The Morgan fingerprint density at radius 2 is 1.92 bits per heavy atom. The highest BCUT2D eigenvalue weighted by atomic mass is 16.6. The first-order chi connectivity index (χ1) is 17.5. The van der Waals surface area contributed by atoms with Gasteiger partial charge in [0.2, 0.25) is 5.91 Å². The molecule has 3 aliphatic rings. The van der Waals surface area contributed by atoms with Crippen molar-refractivity contribution in [2.75, 3.05) is 38.3 Å². The van der Waals surface area contributed by atoms with Crippen LogP contribution >= 0.6 is 0 Å². The summed E-state index contributed by atoms with van der Waals surface area (Å²) in [5.74, 6) is 2.77. The van der Waals surface area contributed by atoms with Crippen molar-refractivity contribution in [3.63, 3.8) is 0 Å². The van der Waals surface area contributed by atoms with E-state index in [2.05, 4.69) is 20.2 Å². The lowest BCUT2D eigenvalue weighted by molar-refractivity contribution is -0.120. The van der Waals surface area contributed by atoms with E-state index in [9.17, 15) is 9.90 Å². The van der Waals surface area contributed by atoms with E-state index in [1.807, 2.05) is 36.4 Å². The van der Waals surface area contributed by atoms with E-state index in [1.54, 1.807) is 13.4 Å². The molecule has 3 aromatic rings. The smallest absolute Gasteiger partial charge is 0.227 e. The number of carbonyl (C=O) groups is 1. The number of fused-ring (bicyclic) bond motifs is 2. The molecule has 0 spiro atoms. The van der Waals surface area contributed by atoms with E-state index in [-0.39, 0.29) is 17.9 Å². The van der Waals surface area contributed by atoms with Crippen molar-refractivity contribution in [1.29, 1.82) is 0 Å². The molecule has 1 amide bonds. The van der Waals surface area contributed by atoms with Crippen molar-refractivity contribution >= 4 is 22.6 Å². The van der Waals surface area contributed by atoms with Gasteiger partial charge in [-0.05, 0) is 61.6 Å². The van der Waals surface area contributed by atoms with Crippen LogP contribution in [0.3, 0.4) is 0 Å². The number of carbonyl (C=O) groups excluding carboxylic acids is 1. The first-order valence-electron chi connectivity index (χ1n) is 12.5. The fourth-order valence-corrected chi connectivity index (χ4v) is 5.65. The third-order valence-electron chi connectivity index (χ3n) is 7.59. The number of nitrogens with zero attached hydrogens (tertiary/aromatic N) is 3. The number of nitrogens with one attached hydrogen (secondary N) is 1. The quantitative estimate of drug-likeness (QED) is 0.563. The second-order valence-electron chi connectivity index (χ2n) is 9.89. The predicted molar refractivity (Wildman–Crippen MR) is 134 cm³/mol. The summed E-state index contributed by atoms with van der Waals surface area (Å²) in [5, 5.41) is 15.5. The zero-order valence-corrected chi connectivity index (χ0v) is 20.3. The van der Waals surface area contributed by atoms with E-state index in [4.69, 9.17) is 14.2 Å². The highest BCUT2D eigenvalue weighted by Gasteiger charge is 2.41. The van der Waals surface area contributed by atoms with Crippen LogP contribution in [0.5, 0.6) is 17.2 Å². The maximum absolute atomic E-state index is 12.8. The number of benzene rings is 2. The third kappa shape index (κ3) is 4.28. The standard InChI is InChI=1S/C27H30N4O5/c1-34-19-3-4-22-21(14-19)25(29-16-28-22)31-8-6-27(33,7-9-31)15-18-13-20(26(32)30-18)17-2-5-23-24(12-17)36-11-10-35-23/h2-5,12,14,16,18,20,33H,6-11,13,15H2,1H3,(H,30,32)/t18?,20-/m1/s1. The van der Waals surface area contributed by atoms with Gasteiger partial charge in [0, 0.05) is 24.5 Å². The van der Waals surface area contributed by atoms with Crippen molar-refractivity contribution in [2.45, 2.75) is 43.2 Å². The Morgan fingerprint density at radius 1 is 1.11 bits per heavy atom. The molecule has 3 aliphatic heterocycles. The van der Waals surface area contributed by atoms with Crippen LogP contribution in [0.4, 0.5) is 5.82 Å². The van der Waals surface area contributed by atoms with E-state index in [1.165, 1.54) is 0 Å². The van der Waals surface area contributed by atoms with Crippen molar-refractivity contribution in [2.24, 2.45) is 0 Å². The Hall–Kier alpha value is -3.59. The molecule has 0 bridgehead atoms. The molecule has 188 valence electrons. The molecule has 2 N–H and O–H groups in total. The summed E-state index contributed by atoms with van der Waals surface area (Å²) in [6.45, 7) is 2.40. The summed E-state index contributed by atoms with van der Waals surface area (Å²) in [6.07, 6.45) is 3.97. The predicted octanol–water partition coefficient (Wildman–Crippen LogP) is 2.80. The van der Waals surface area contributed by atoms with Gasteiger partial charge < -0.3 is 29.5 Å². The van der Waals surface area contributed by atoms with Gasteiger partial charge in [-0.15, -0.1) is 0 Å². The summed E-state index contributed by atoms with van der Waals surface area (Å²) >= 11 is 0. The summed E-state index contributed by atoms with van der Waals surface area (Å²) in [7, 11) is 1.64. The van der Waals surface area contributed by atoms with Crippen LogP contribution in [0.15, 0.2) is 42.7 Å². The highest BCUT2D eigenvalue weighted by molar-refractivity contribution is 5.90. The summed E-state index contributed by atoms with van der Waals surface area (Å²) in [5.41, 5.74) is 0.948. The first-order valence-corrected chi connectivity index (χ1v) is 12.5. The summed E-state index contributed by atoms with van der Waals surface area (Å²) in [6, 6.07) is 11.4. The lowest BCUT2D eigenvalue weighted by Gasteiger charge is -2.40. The van der Waals surface area contributed by atoms with Gasteiger partial charge >= 0.3 is 0 Å². The molecule has 1 unspecified atom stereocenters. The van der Waals surface area contributed by atoms with Crippen molar-refractivity contribution < 1.29 is 24.1 Å². The number of rotatable bonds is 5. The molecule has 2 aromatic carbocycles. The summed E-state index contributed by atoms with van der Waals surface area (Å²) in [4.78, 5) is 23.9. The van der Waals surface area contributed by atoms with Crippen LogP contribution in [0.1, 0.15) is 37.2 Å². The molecule has 1 aromatic heterocycles. The van der Waals surface area contributed by atoms with E-state index < -0.39 is 5.60 Å². The van der Waals surface area contributed by atoms with Gasteiger partial charge in [0.05, 0.1) is 24.1 Å². The molecule has 4 heterocycles. The molecule has 0 saturated carbocycles. The maximum atomic E-state index is 12.8. The minimum absolute atomic E-state index is 0.000818. The molecule has 36 heavy (non-hydrogen) atoms. The van der Waals surface area contributed by atoms with Crippen LogP contribution in [0.2, 0.25) is 0 Å². The largest absolute Gasteiger partial charge is 0.497 e. The van der Waals surface area contributed by atoms with Crippen LogP contribution in [0, 0.1) is 0 Å². The molecule has 2 atom stereocenters. The lowest BCUT2D eigenvalue weighted by Crippen LogP contribution is -2.47. The third-order valence-corrected chi connectivity index (χ3v) is 7.59. The fraction of sp³-hybridized carbons (Fsp3) is 0.444. The Labute approximate surface area is 209 Å². The maximum Gasteiger partial charge on any atom is 0.227 e. The molecule has 9 heteroatoms. The van der Waals surface area contributed by atoms with E-state index in [0.29, 0.717) is 57.7 Å². The normalized spacial score (nSPS) is 22.9. The number of aliphatic hydroxyl groups is 1.